The summed E-state index contributed by atoms with van der Waals surface area (Å²) in [5.41, 5.74) is 6.16. The van der Waals surface area contributed by atoms with Crippen LogP contribution in [0, 0.1) is 0 Å². The maximum atomic E-state index is 12.7. The highest BCUT2D eigenvalue weighted by Crippen LogP contribution is 2.39. The Morgan fingerprint density at radius 3 is 2.54 bits per heavy atom. The third-order valence-corrected chi connectivity index (χ3v) is 6.17. The Morgan fingerprint density at radius 1 is 1.23 bits per heavy atom. The number of nitrogens with zero attached hydrogens (tertiary/aromatic N) is 1. The number of benzene rings is 1. The van der Waals surface area contributed by atoms with Gasteiger partial charge in [0.25, 0.3) is 5.91 Å². The van der Waals surface area contributed by atoms with Gasteiger partial charge in [-0.3, -0.25) is 4.79 Å². The first-order chi connectivity index (χ1) is 12.3. The van der Waals surface area contributed by atoms with Gasteiger partial charge < -0.3 is 14.5 Å². The minimum absolute atomic E-state index is 0.0933. The summed E-state index contributed by atoms with van der Waals surface area (Å²) in [5.74, 6) is -0.196. The number of aryl methyl sites for hydroxylation is 1. The molecule has 6 nitrogen and oxygen atoms in total. The van der Waals surface area contributed by atoms with Gasteiger partial charge in [-0.2, -0.15) is 8.42 Å². The Kier molecular flexibility index (Phi) is 5.29. The molecule has 26 heavy (non-hydrogen) atoms. The van der Waals surface area contributed by atoms with Gasteiger partial charge in [-0.25, -0.2) is 0 Å². The minimum atomic E-state index is -4.09. The summed E-state index contributed by atoms with van der Waals surface area (Å²) in [7, 11) is -2.54. The number of hydrogen-bond donors (Lipinski definition) is 1. The second-order valence-corrected chi connectivity index (χ2v) is 8.57. The summed E-state index contributed by atoms with van der Waals surface area (Å²) in [6, 6.07) is 6.19. The predicted molar refractivity (Wildman–Crippen MR) is 99.0 cm³/mol. The Hall–Kier alpha value is -1.99. The molecule has 0 bridgehead atoms. The van der Waals surface area contributed by atoms with E-state index in [2.05, 4.69) is 0 Å². The highest BCUT2D eigenvalue weighted by Gasteiger charge is 2.26. The van der Waals surface area contributed by atoms with Crippen molar-refractivity contribution in [2.24, 2.45) is 12.8 Å². The molecule has 1 amide bonds. The van der Waals surface area contributed by atoms with Gasteiger partial charge >= 0.3 is 10.1 Å². The number of amides is 1. The lowest BCUT2D eigenvalue weighted by atomic mass is 9.84. The third-order valence-electron chi connectivity index (χ3n) is 4.74. The number of halogens is 1. The van der Waals surface area contributed by atoms with E-state index in [0.717, 1.165) is 31.2 Å². The van der Waals surface area contributed by atoms with Crippen molar-refractivity contribution in [1.82, 2.24) is 4.57 Å². The monoisotopic (exact) mass is 396 g/mol. The van der Waals surface area contributed by atoms with E-state index in [0.29, 0.717) is 5.02 Å². The zero-order valence-electron chi connectivity index (χ0n) is 14.4. The molecular weight excluding hydrogens is 376 g/mol. The van der Waals surface area contributed by atoms with E-state index in [9.17, 15) is 13.2 Å². The molecular formula is C18H21ClN2O4S. The molecule has 0 unspecified atom stereocenters. The number of rotatable bonds is 5. The van der Waals surface area contributed by atoms with E-state index in [-0.39, 0.29) is 22.3 Å². The standard InChI is InChI=1S/C18H21ClN2O4S/c1-21-11-14(10-16(21)18(20)22)26(23,24)25-17-8-7-13(19)9-15(17)12-5-3-2-4-6-12/h7-12H,2-6H2,1H3,(H2,20,22). The number of hydrogen-bond acceptors (Lipinski definition) is 4. The maximum absolute atomic E-state index is 12.7. The molecule has 1 heterocycles. The second-order valence-electron chi connectivity index (χ2n) is 6.59. The topological polar surface area (TPSA) is 91.4 Å². The molecule has 0 spiro atoms. The van der Waals surface area contributed by atoms with Gasteiger partial charge in [-0.05, 0) is 43.0 Å². The van der Waals surface area contributed by atoms with Crippen LogP contribution < -0.4 is 9.92 Å². The molecule has 0 saturated heterocycles. The van der Waals surface area contributed by atoms with E-state index >= 15 is 0 Å². The molecule has 2 N–H and O–H groups in total. The van der Waals surface area contributed by atoms with Crippen LogP contribution in [0.1, 0.15) is 54.1 Å². The maximum Gasteiger partial charge on any atom is 0.340 e. The van der Waals surface area contributed by atoms with Gasteiger partial charge in [0.05, 0.1) is 0 Å². The zero-order chi connectivity index (χ0) is 18.9. The Balaban J connectivity index is 1.95. The fourth-order valence-corrected chi connectivity index (χ4v) is 4.62. The average Bonchev–Trinajstić information content (AvgIpc) is 3.00. The van der Waals surface area contributed by atoms with Crippen LogP contribution in [0.2, 0.25) is 5.02 Å². The van der Waals surface area contributed by atoms with Crippen LogP contribution >= 0.6 is 11.6 Å². The van der Waals surface area contributed by atoms with Crippen molar-refractivity contribution < 1.29 is 17.4 Å². The number of carbonyl (C=O) groups is 1. The van der Waals surface area contributed by atoms with Crippen molar-refractivity contribution in [2.75, 3.05) is 0 Å². The minimum Gasteiger partial charge on any atom is -0.379 e. The highest BCUT2D eigenvalue weighted by molar-refractivity contribution is 7.87. The molecule has 0 radical (unpaired) electrons. The molecule has 1 saturated carbocycles. The second kappa shape index (κ2) is 7.32. The van der Waals surface area contributed by atoms with Crippen molar-refractivity contribution in [2.45, 2.75) is 42.9 Å². The Bertz CT molecular complexity index is 931. The molecule has 2 aromatic rings. The number of carbonyl (C=O) groups excluding carboxylic acids is 1. The largest absolute Gasteiger partial charge is 0.379 e. The van der Waals surface area contributed by atoms with Crippen LogP contribution in [0.4, 0.5) is 0 Å². The first-order valence-corrected chi connectivity index (χ1v) is 10.3. The molecule has 1 aliphatic rings. The van der Waals surface area contributed by atoms with Crippen molar-refractivity contribution in [3.8, 4) is 5.75 Å². The number of aromatic nitrogens is 1. The van der Waals surface area contributed by atoms with E-state index in [1.165, 1.54) is 23.3 Å². The van der Waals surface area contributed by atoms with Crippen LogP contribution in [0.5, 0.6) is 5.75 Å². The smallest absolute Gasteiger partial charge is 0.340 e. The van der Waals surface area contributed by atoms with Crippen molar-refractivity contribution in [3.63, 3.8) is 0 Å². The van der Waals surface area contributed by atoms with Crippen LogP contribution in [-0.2, 0) is 17.2 Å². The Morgan fingerprint density at radius 2 is 1.92 bits per heavy atom. The predicted octanol–water partition coefficient (Wildman–Crippen LogP) is 3.59. The van der Waals surface area contributed by atoms with Gasteiger partial charge in [0.2, 0.25) is 0 Å². The summed E-state index contributed by atoms with van der Waals surface area (Å²) in [5, 5.41) is 0.547. The molecule has 1 fully saturated rings. The molecule has 1 aromatic carbocycles. The van der Waals surface area contributed by atoms with Gasteiger partial charge in [-0.1, -0.05) is 30.9 Å². The Labute approximate surface area is 158 Å². The van der Waals surface area contributed by atoms with Gasteiger partial charge in [0, 0.05) is 23.8 Å². The lowest BCUT2D eigenvalue weighted by molar-refractivity contribution is 0.0992. The molecule has 140 valence electrons. The van der Waals surface area contributed by atoms with E-state index in [4.69, 9.17) is 21.5 Å². The van der Waals surface area contributed by atoms with Crippen molar-refractivity contribution in [3.05, 3.63) is 46.7 Å². The summed E-state index contributed by atoms with van der Waals surface area (Å²) < 4.78 is 32.2. The summed E-state index contributed by atoms with van der Waals surface area (Å²) in [6.45, 7) is 0. The molecule has 0 aliphatic heterocycles. The van der Waals surface area contributed by atoms with Crippen LogP contribution in [0.3, 0.4) is 0 Å². The van der Waals surface area contributed by atoms with E-state index < -0.39 is 16.0 Å². The van der Waals surface area contributed by atoms with E-state index in [1.54, 1.807) is 25.2 Å². The lowest BCUT2D eigenvalue weighted by Crippen LogP contribution is -2.14. The zero-order valence-corrected chi connectivity index (χ0v) is 16.0. The molecule has 1 aromatic heterocycles. The normalized spacial score (nSPS) is 15.8. The molecule has 3 rings (SSSR count). The quantitative estimate of drug-likeness (QED) is 0.781. The highest BCUT2D eigenvalue weighted by atomic mass is 35.5. The average molecular weight is 397 g/mol. The van der Waals surface area contributed by atoms with Gasteiger partial charge in [-0.15, -0.1) is 0 Å². The molecule has 1 aliphatic carbocycles. The number of primary amides is 1. The number of nitrogens with two attached hydrogens (primary N) is 1. The van der Waals surface area contributed by atoms with Crippen LogP contribution in [0.15, 0.2) is 35.4 Å². The summed E-state index contributed by atoms with van der Waals surface area (Å²) in [6.07, 6.45) is 6.66. The van der Waals surface area contributed by atoms with Crippen LogP contribution in [-0.4, -0.2) is 18.9 Å². The van der Waals surface area contributed by atoms with Crippen molar-refractivity contribution in [1.29, 1.82) is 0 Å². The first-order valence-electron chi connectivity index (χ1n) is 8.48. The fourth-order valence-electron chi connectivity index (χ4n) is 3.41. The fraction of sp³-hybridized carbons (Fsp3) is 0.389. The molecule has 8 heteroatoms. The summed E-state index contributed by atoms with van der Waals surface area (Å²) in [4.78, 5) is 11.3. The SMILES string of the molecule is Cn1cc(S(=O)(=O)Oc2ccc(Cl)cc2C2CCCCC2)cc1C(N)=O. The third kappa shape index (κ3) is 3.88. The van der Waals surface area contributed by atoms with Gasteiger partial charge in [0.15, 0.2) is 0 Å². The van der Waals surface area contributed by atoms with Crippen molar-refractivity contribution >= 4 is 27.6 Å². The van der Waals surface area contributed by atoms with Crippen LogP contribution in [0.25, 0.3) is 0 Å². The molecule has 0 atom stereocenters. The first kappa shape index (κ1) is 18.8. The lowest BCUT2D eigenvalue weighted by Gasteiger charge is -2.24. The van der Waals surface area contributed by atoms with E-state index in [1.807, 2.05) is 0 Å². The van der Waals surface area contributed by atoms with Gasteiger partial charge in [0.1, 0.15) is 16.3 Å². The summed E-state index contributed by atoms with van der Waals surface area (Å²) >= 11 is 6.12.